The fourth-order valence-corrected chi connectivity index (χ4v) is 3.01. The minimum Gasteiger partial charge on any atom is -0.493 e. The number of aromatic nitrogens is 1. The second kappa shape index (κ2) is 4.92. The van der Waals surface area contributed by atoms with Crippen molar-refractivity contribution in [3.8, 4) is 11.5 Å². The lowest BCUT2D eigenvalue weighted by Gasteiger charge is -2.15. The Morgan fingerprint density at radius 3 is 2.29 bits per heavy atom. The second-order valence-corrected chi connectivity index (χ2v) is 5.37. The molecule has 0 radical (unpaired) electrons. The van der Waals surface area contributed by atoms with Crippen LogP contribution in [0.5, 0.6) is 11.5 Å². The molecule has 0 aliphatic rings. The van der Waals surface area contributed by atoms with Crippen molar-refractivity contribution in [2.75, 3.05) is 14.2 Å². The van der Waals surface area contributed by atoms with Crippen LogP contribution in [0.1, 0.15) is 16.8 Å². The van der Waals surface area contributed by atoms with Gasteiger partial charge in [-0.05, 0) is 55.5 Å². The van der Waals surface area contributed by atoms with Crippen molar-refractivity contribution < 1.29 is 9.47 Å². The maximum atomic E-state index is 5.57. The summed E-state index contributed by atoms with van der Waals surface area (Å²) in [7, 11) is 3.34. The lowest BCUT2D eigenvalue weighted by Crippen LogP contribution is -1.95. The summed E-state index contributed by atoms with van der Waals surface area (Å²) >= 11 is 0. The van der Waals surface area contributed by atoms with E-state index in [1.807, 2.05) is 13.0 Å². The minimum atomic E-state index is 0.751. The molecule has 0 N–H and O–H groups in total. The van der Waals surface area contributed by atoms with Gasteiger partial charge in [-0.2, -0.15) is 0 Å². The van der Waals surface area contributed by atoms with E-state index in [-0.39, 0.29) is 0 Å². The van der Waals surface area contributed by atoms with Crippen molar-refractivity contribution in [2.24, 2.45) is 0 Å². The van der Waals surface area contributed by atoms with Crippen LogP contribution in [0.4, 0.5) is 0 Å². The number of methoxy groups -OCH3 is 2. The standard InChI is InChI=1S/C18H19NO2/c1-10-8-11(2)19-17-12(3)13-6-7-16(20-4)18(21-5)15(13)9-14(10)17/h6-9H,1-5H3. The lowest BCUT2D eigenvalue weighted by molar-refractivity contribution is 0.358. The van der Waals surface area contributed by atoms with E-state index in [2.05, 4.69) is 32.0 Å². The summed E-state index contributed by atoms with van der Waals surface area (Å²) in [5.41, 5.74) is 4.51. The number of fused-ring (bicyclic) bond motifs is 2. The van der Waals surface area contributed by atoms with Crippen LogP contribution in [-0.4, -0.2) is 19.2 Å². The molecule has 2 aromatic carbocycles. The van der Waals surface area contributed by atoms with Gasteiger partial charge in [0.2, 0.25) is 0 Å². The molecule has 3 aromatic rings. The molecule has 0 saturated carbocycles. The van der Waals surface area contributed by atoms with Gasteiger partial charge in [-0.15, -0.1) is 0 Å². The first-order chi connectivity index (χ1) is 10.1. The highest BCUT2D eigenvalue weighted by molar-refractivity contribution is 6.04. The highest BCUT2D eigenvalue weighted by Gasteiger charge is 2.14. The van der Waals surface area contributed by atoms with Crippen LogP contribution >= 0.6 is 0 Å². The zero-order valence-corrected chi connectivity index (χ0v) is 13.1. The van der Waals surface area contributed by atoms with Gasteiger partial charge in [-0.1, -0.05) is 6.07 Å². The second-order valence-electron chi connectivity index (χ2n) is 5.37. The third-order valence-electron chi connectivity index (χ3n) is 4.03. The fourth-order valence-electron chi connectivity index (χ4n) is 3.01. The predicted octanol–water partition coefficient (Wildman–Crippen LogP) is 4.33. The molecule has 0 spiro atoms. The summed E-state index contributed by atoms with van der Waals surface area (Å²) in [6.45, 7) is 6.27. The average molecular weight is 281 g/mol. The number of pyridine rings is 1. The summed E-state index contributed by atoms with van der Waals surface area (Å²) in [5, 5.41) is 3.38. The van der Waals surface area contributed by atoms with E-state index in [0.29, 0.717) is 0 Å². The Bertz CT molecular complexity index is 853. The van der Waals surface area contributed by atoms with Gasteiger partial charge in [-0.25, -0.2) is 0 Å². The third kappa shape index (κ3) is 2.00. The maximum Gasteiger partial charge on any atom is 0.168 e. The Hall–Kier alpha value is -2.29. The maximum absolute atomic E-state index is 5.57. The minimum absolute atomic E-state index is 0.751. The molecule has 0 saturated heterocycles. The van der Waals surface area contributed by atoms with Gasteiger partial charge in [0.15, 0.2) is 11.5 Å². The largest absolute Gasteiger partial charge is 0.493 e. The summed E-state index contributed by atoms with van der Waals surface area (Å²) < 4.78 is 11.0. The average Bonchev–Trinajstić information content (AvgIpc) is 2.47. The van der Waals surface area contributed by atoms with Crippen LogP contribution in [0, 0.1) is 20.8 Å². The molecule has 0 fully saturated rings. The van der Waals surface area contributed by atoms with Crippen molar-refractivity contribution in [1.82, 2.24) is 4.98 Å². The Morgan fingerprint density at radius 1 is 0.857 bits per heavy atom. The van der Waals surface area contributed by atoms with Gasteiger partial charge in [0.05, 0.1) is 19.7 Å². The smallest absolute Gasteiger partial charge is 0.168 e. The zero-order valence-electron chi connectivity index (χ0n) is 13.1. The van der Waals surface area contributed by atoms with Gasteiger partial charge < -0.3 is 9.47 Å². The monoisotopic (exact) mass is 281 g/mol. The van der Waals surface area contributed by atoms with Gasteiger partial charge in [0.25, 0.3) is 0 Å². The van der Waals surface area contributed by atoms with Crippen LogP contribution in [-0.2, 0) is 0 Å². The van der Waals surface area contributed by atoms with Crippen molar-refractivity contribution in [3.05, 3.63) is 41.1 Å². The molecule has 1 aromatic heterocycles. The molecular weight excluding hydrogens is 262 g/mol. The molecule has 0 aliphatic carbocycles. The molecule has 0 aliphatic heterocycles. The highest BCUT2D eigenvalue weighted by atomic mass is 16.5. The van der Waals surface area contributed by atoms with Crippen LogP contribution in [0.25, 0.3) is 21.7 Å². The van der Waals surface area contributed by atoms with Crippen LogP contribution in [0.3, 0.4) is 0 Å². The molecule has 3 nitrogen and oxygen atoms in total. The molecule has 0 bridgehead atoms. The molecule has 1 heterocycles. The topological polar surface area (TPSA) is 31.4 Å². The van der Waals surface area contributed by atoms with E-state index in [1.54, 1.807) is 14.2 Å². The van der Waals surface area contributed by atoms with Crippen molar-refractivity contribution in [1.29, 1.82) is 0 Å². The van der Waals surface area contributed by atoms with Gasteiger partial charge in [0, 0.05) is 16.5 Å². The highest BCUT2D eigenvalue weighted by Crippen LogP contribution is 2.39. The van der Waals surface area contributed by atoms with Gasteiger partial charge in [0.1, 0.15) is 0 Å². The summed E-state index contributed by atoms with van der Waals surface area (Å²) in [6.07, 6.45) is 0. The molecule has 0 amide bonds. The Labute approximate surface area is 124 Å². The molecule has 108 valence electrons. The number of benzene rings is 2. The van der Waals surface area contributed by atoms with E-state index in [1.165, 1.54) is 11.1 Å². The fraction of sp³-hybridized carbons (Fsp3) is 0.278. The summed E-state index contributed by atoms with van der Waals surface area (Å²) in [4.78, 5) is 4.71. The number of ether oxygens (including phenoxy) is 2. The molecule has 3 rings (SSSR count). The molecular formula is C18H19NO2. The first-order valence-corrected chi connectivity index (χ1v) is 6.99. The number of nitrogens with zero attached hydrogens (tertiary/aromatic N) is 1. The number of rotatable bonds is 2. The van der Waals surface area contributed by atoms with Crippen molar-refractivity contribution in [2.45, 2.75) is 20.8 Å². The molecule has 3 heteroatoms. The SMILES string of the molecule is COc1ccc2c(C)c3nc(C)cc(C)c3cc2c1OC. The van der Waals surface area contributed by atoms with Crippen LogP contribution < -0.4 is 9.47 Å². The van der Waals surface area contributed by atoms with Gasteiger partial charge in [-0.3, -0.25) is 4.98 Å². The van der Waals surface area contributed by atoms with E-state index < -0.39 is 0 Å². The predicted molar refractivity (Wildman–Crippen MR) is 86.6 cm³/mol. The number of hydrogen-bond donors (Lipinski definition) is 0. The zero-order chi connectivity index (χ0) is 15.1. The van der Waals surface area contributed by atoms with E-state index >= 15 is 0 Å². The molecule has 21 heavy (non-hydrogen) atoms. The molecule has 0 unspecified atom stereocenters. The Balaban J connectivity index is 2.53. The van der Waals surface area contributed by atoms with E-state index in [9.17, 15) is 0 Å². The van der Waals surface area contributed by atoms with Crippen molar-refractivity contribution in [3.63, 3.8) is 0 Å². The summed E-state index contributed by atoms with van der Waals surface area (Å²) in [6, 6.07) is 8.29. The first-order valence-electron chi connectivity index (χ1n) is 6.99. The summed E-state index contributed by atoms with van der Waals surface area (Å²) in [5.74, 6) is 1.53. The quantitative estimate of drug-likeness (QED) is 0.655. The Morgan fingerprint density at radius 2 is 1.62 bits per heavy atom. The number of aryl methyl sites for hydroxylation is 3. The first kappa shape index (κ1) is 13.7. The lowest BCUT2D eigenvalue weighted by atomic mass is 9.97. The molecule has 0 atom stereocenters. The van der Waals surface area contributed by atoms with Gasteiger partial charge >= 0.3 is 0 Å². The third-order valence-corrected chi connectivity index (χ3v) is 4.03. The van der Waals surface area contributed by atoms with Crippen molar-refractivity contribution >= 4 is 21.7 Å². The normalized spacial score (nSPS) is 11.1. The number of hydrogen-bond acceptors (Lipinski definition) is 3. The van der Waals surface area contributed by atoms with Crippen LogP contribution in [0.15, 0.2) is 24.3 Å². The van der Waals surface area contributed by atoms with E-state index in [0.717, 1.165) is 38.9 Å². The van der Waals surface area contributed by atoms with E-state index in [4.69, 9.17) is 14.5 Å². The van der Waals surface area contributed by atoms with Crippen LogP contribution in [0.2, 0.25) is 0 Å². The Kier molecular flexibility index (Phi) is 3.20.